The van der Waals surface area contributed by atoms with Crippen molar-refractivity contribution in [3.05, 3.63) is 47.1 Å². The highest BCUT2D eigenvalue weighted by molar-refractivity contribution is 7.92. The number of aromatic nitrogens is 1. The molecule has 0 radical (unpaired) electrons. The normalized spacial score (nSPS) is 16.3. The first-order valence-electron chi connectivity index (χ1n) is 7.69. The van der Waals surface area contributed by atoms with Gasteiger partial charge in [-0.3, -0.25) is 4.79 Å². The van der Waals surface area contributed by atoms with E-state index in [-0.39, 0.29) is 23.7 Å². The van der Waals surface area contributed by atoms with Crippen molar-refractivity contribution in [2.24, 2.45) is 0 Å². The third kappa shape index (κ3) is 4.30. The number of rotatable bonds is 5. The van der Waals surface area contributed by atoms with Crippen molar-refractivity contribution in [2.75, 3.05) is 18.0 Å². The highest BCUT2D eigenvalue weighted by Crippen LogP contribution is 2.40. The smallest absolute Gasteiger partial charge is 0.294 e. The monoisotopic (exact) mass is 417 g/mol. The second-order valence-corrected chi connectivity index (χ2v) is 8.46. The van der Waals surface area contributed by atoms with Gasteiger partial charge in [0.2, 0.25) is 0 Å². The number of alkyl halides is 2. The van der Waals surface area contributed by atoms with Gasteiger partial charge in [-0.1, -0.05) is 17.9 Å². The highest BCUT2D eigenvalue weighted by Gasteiger charge is 2.40. The Hall–Kier alpha value is -2.40. The Morgan fingerprint density at radius 1 is 1.33 bits per heavy atom. The van der Waals surface area contributed by atoms with Gasteiger partial charge in [-0.05, 0) is 24.3 Å². The molecule has 2 heterocycles. The summed E-state index contributed by atoms with van der Waals surface area (Å²) in [5.41, 5.74) is 0.627. The standard InChI is InChI=1S/C16H14F3N3O3S2/c1-2-27(24,25)21-13(23)14-20-12(10-3-5-11(17)6-4-10)15(26-14)22-8-7-16(18,19)9-22/h2-6H,1,7-9H2,(H,21,23). The SMILES string of the molecule is C=CS(=O)(=O)NC(=O)c1nc(-c2ccc(F)cc2)c(N2CCC(F)(F)C2)s1. The number of nitrogens with zero attached hydrogens (tertiary/aromatic N) is 2. The van der Waals surface area contributed by atoms with Crippen molar-refractivity contribution in [3.8, 4) is 11.3 Å². The summed E-state index contributed by atoms with van der Waals surface area (Å²) in [6, 6.07) is 5.17. The molecule has 0 aliphatic carbocycles. The van der Waals surface area contributed by atoms with Gasteiger partial charge in [-0.15, -0.1) is 0 Å². The fourth-order valence-electron chi connectivity index (χ4n) is 2.54. The van der Waals surface area contributed by atoms with Crippen LogP contribution in [0, 0.1) is 5.82 Å². The van der Waals surface area contributed by atoms with E-state index in [0.29, 0.717) is 16.0 Å². The molecule has 144 valence electrons. The average Bonchev–Trinajstić information content (AvgIpc) is 3.18. The quantitative estimate of drug-likeness (QED) is 0.809. The molecule has 3 rings (SSSR count). The molecular formula is C16H14F3N3O3S2. The van der Waals surface area contributed by atoms with Crippen LogP contribution < -0.4 is 9.62 Å². The predicted octanol–water partition coefficient (Wildman–Crippen LogP) is 3.00. The number of thiazole rings is 1. The largest absolute Gasteiger partial charge is 0.355 e. The number of hydrogen-bond acceptors (Lipinski definition) is 6. The van der Waals surface area contributed by atoms with Crippen molar-refractivity contribution in [1.82, 2.24) is 9.71 Å². The molecule has 1 fully saturated rings. The van der Waals surface area contributed by atoms with Crippen molar-refractivity contribution >= 4 is 32.3 Å². The Bertz CT molecular complexity index is 988. The van der Waals surface area contributed by atoms with Gasteiger partial charge in [0.1, 0.15) is 16.5 Å². The van der Waals surface area contributed by atoms with Crippen LogP contribution in [0.25, 0.3) is 11.3 Å². The first-order valence-corrected chi connectivity index (χ1v) is 10.1. The maximum Gasteiger partial charge on any atom is 0.294 e. The molecule has 1 N–H and O–H groups in total. The first kappa shape index (κ1) is 19.4. The fraction of sp³-hybridized carbons (Fsp3) is 0.250. The van der Waals surface area contributed by atoms with Crippen molar-refractivity contribution < 1.29 is 26.4 Å². The molecule has 1 aromatic heterocycles. The number of hydrogen-bond donors (Lipinski definition) is 1. The van der Waals surface area contributed by atoms with Gasteiger partial charge < -0.3 is 4.90 Å². The van der Waals surface area contributed by atoms with Gasteiger partial charge in [0.15, 0.2) is 5.01 Å². The number of amides is 1. The van der Waals surface area contributed by atoms with Gasteiger partial charge in [-0.25, -0.2) is 31.3 Å². The minimum atomic E-state index is -4.03. The molecule has 11 heteroatoms. The Labute approximate surface area is 157 Å². The van der Waals surface area contributed by atoms with Crippen LogP contribution in [0.2, 0.25) is 0 Å². The lowest BCUT2D eigenvalue weighted by molar-refractivity contribution is 0.0257. The zero-order valence-corrected chi connectivity index (χ0v) is 15.4. The van der Waals surface area contributed by atoms with Crippen LogP contribution in [0.5, 0.6) is 0 Å². The van der Waals surface area contributed by atoms with Crippen LogP contribution in [0.3, 0.4) is 0 Å². The molecular weight excluding hydrogens is 403 g/mol. The Morgan fingerprint density at radius 2 is 2.00 bits per heavy atom. The van der Waals surface area contributed by atoms with E-state index < -0.39 is 34.2 Å². The molecule has 0 atom stereocenters. The summed E-state index contributed by atoms with van der Waals surface area (Å²) in [6.45, 7) is 2.59. The van der Waals surface area contributed by atoms with Crippen LogP contribution in [0.15, 0.2) is 36.3 Å². The van der Waals surface area contributed by atoms with E-state index in [1.165, 1.54) is 29.2 Å². The lowest BCUT2D eigenvalue weighted by Gasteiger charge is -2.17. The summed E-state index contributed by atoms with van der Waals surface area (Å²) in [5, 5.41) is 0.645. The number of anilines is 1. The van der Waals surface area contributed by atoms with E-state index in [4.69, 9.17) is 0 Å². The Kier molecular flexibility index (Phi) is 5.00. The maximum atomic E-state index is 13.6. The van der Waals surface area contributed by atoms with E-state index in [1.807, 2.05) is 0 Å². The van der Waals surface area contributed by atoms with Gasteiger partial charge in [0.25, 0.3) is 21.9 Å². The topological polar surface area (TPSA) is 79.4 Å². The molecule has 1 saturated heterocycles. The number of sulfonamides is 1. The Balaban J connectivity index is 2.02. The minimum Gasteiger partial charge on any atom is -0.355 e. The van der Waals surface area contributed by atoms with Crippen LogP contribution in [-0.4, -0.2) is 38.3 Å². The predicted molar refractivity (Wildman–Crippen MR) is 95.9 cm³/mol. The number of benzene rings is 1. The van der Waals surface area contributed by atoms with E-state index in [1.54, 1.807) is 4.72 Å². The van der Waals surface area contributed by atoms with Crippen molar-refractivity contribution in [3.63, 3.8) is 0 Å². The first-order chi connectivity index (χ1) is 12.6. The van der Waals surface area contributed by atoms with Crippen LogP contribution in [0.4, 0.5) is 18.2 Å². The summed E-state index contributed by atoms with van der Waals surface area (Å²) in [7, 11) is -4.03. The molecule has 1 aliphatic heterocycles. The summed E-state index contributed by atoms with van der Waals surface area (Å²) < 4.78 is 65.2. The van der Waals surface area contributed by atoms with Crippen LogP contribution in [0.1, 0.15) is 16.2 Å². The maximum absolute atomic E-state index is 13.6. The van der Waals surface area contributed by atoms with Gasteiger partial charge in [-0.2, -0.15) is 0 Å². The van der Waals surface area contributed by atoms with E-state index in [2.05, 4.69) is 11.6 Å². The van der Waals surface area contributed by atoms with E-state index >= 15 is 0 Å². The lowest BCUT2D eigenvalue weighted by atomic mass is 10.1. The average molecular weight is 417 g/mol. The van der Waals surface area contributed by atoms with Crippen LogP contribution in [-0.2, 0) is 10.0 Å². The van der Waals surface area contributed by atoms with Crippen molar-refractivity contribution in [1.29, 1.82) is 0 Å². The summed E-state index contributed by atoms with van der Waals surface area (Å²) >= 11 is 0.793. The van der Waals surface area contributed by atoms with E-state index in [9.17, 15) is 26.4 Å². The molecule has 1 aliphatic rings. The number of carbonyl (C=O) groups is 1. The fourth-order valence-corrected chi connectivity index (χ4v) is 4.06. The molecule has 0 unspecified atom stereocenters. The number of nitrogens with one attached hydrogen (secondary N) is 1. The molecule has 0 bridgehead atoms. The minimum absolute atomic E-state index is 0.0510. The summed E-state index contributed by atoms with van der Waals surface area (Å²) in [4.78, 5) is 17.7. The van der Waals surface area contributed by atoms with Gasteiger partial charge in [0.05, 0.1) is 6.54 Å². The third-order valence-electron chi connectivity index (χ3n) is 3.83. The highest BCUT2D eigenvalue weighted by atomic mass is 32.2. The summed E-state index contributed by atoms with van der Waals surface area (Å²) in [5.74, 6) is -4.36. The molecule has 27 heavy (non-hydrogen) atoms. The van der Waals surface area contributed by atoms with Gasteiger partial charge >= 0.3 is 0 Å². The molecule has 1 aromatic carbocycles. The molecule has 0 spiro atoms. The van der Waals surface area contributed by atoms with E-state index in [0.717, 1.165) is 11.3 Å². The van der Waals surface area contributed by atoms with Crippen LogP contribution >= 0.6 is 11.3 Å². The second kappa shape index (κ2) is 6.97. The molecule has 6 nitrogen and oxygen atoms in total. The molecule has 2 aromatic rings. The number of carbonyl (C=O) groups excluding carboxylic acids is 1. The summed E-state index contributed by atoms with van der Waals surface area (Å²) in [6.07, 6.45) is -0.347. The van der Waals surface area contributed by atoms with Crippen molar-refractivity contribution in [2.45, 2.75) is 12.3 Å². The number of halogens is 3. The zero-order valence-electron chi connectivity index (χ0n) is 13.8. The third-order valence-corrected chi connectivity index (χ3v) is 5.86. The Morgan fingerprint density at radius 3 is 2.56 bits per heavy atom. The molecule has 1 amide bonds. The zero-order chi connectivity index (χ0) is 19.8. The second-order valence-electron chi connectivity index (χ2n) is 5.85. The molecule has 0 saturated carbocycles. The van der Waals surface area contributed by atoms with Gasteiger partial charge in [0, 0.05) is 23.9 Å². The lowest BCUT2D eigenvalue weighted by Crippen LogP contribution is -2.28.